The molecule has 0 heterocycles. The predicted molar refractivity (Wildman–Crippen MR) is 336 cm³/mol. The molecule has 2 unspecified atom stereocenters. The van der Waals surface area contributed by atoms with Gasteiger partial charge in [-0.3, -0.25) is 9.59 Å². The van der Waals surface area contributed by atoms with E-state index in [1.54, 1.807) is 0 Å². The highest BCUT2D eigenvalue weighted by atomic mass is 16.7. The molecule has 9 heteroatoms. The lowest BCUT2D eigenvalue weighted by Crippen LogP contribution is -2.40. The molecule has 2 atom stereocenters. The summed E-state index contributed by atoms with van der Waals surface area (Å²) in [5, 5.41) is 9.72. The Balaban J connectivity index is 4.18. The first-order valence-corrected chi connectivity index (χ1v) is 31.7. The number of hydrogen-bond donors (Lipinski definition) is 1. The van der Waals surface area contributed by atoms with Crippen LogP contribution in [0.5, 0.6) is 0 Å². The number of quaternary nitrogens is 1. The molecule has 0 spiro atoms. The number of carbonyl (C=O) groups excluding carboxylic acids is 2. The number of carboxylic acids is 1. The van der Waals surface area contributed by atoms with Gasteiger partial charge in [0.05, 0.1) is 34.4 Å². The second-order valence-corrected chi connectivity index (χ2v) is 22.0. The van der Waals surface area contributed by atoms with Crippen molar-refractivity contribution >= 4 is 17.9 Å². The second-order valence-electron chi connectivity index (χ2n) is 22.0. The van der Waals surface area contributed by atoms with Crippen LogP contribution in [0.4, 0.5) is 0 Å². The van der Waals surface area contributed by atoms with E-state index in [1.807, 2.05) is 21.1 Å². The van der Waals surface area contributed by atoms with Gasteiger partial charge in [0.1, 0.15) is 13.2 Å². The molecule has 450 valence electrons. The van der Waals surface area contributed by atoms with E-state index in [4.69, 9.17) is 18.9 Å². The zero-order valence-corrected chi connectivity index (χ0v) is 51.2. The maximum absolute atomic E-state index is 12.9. The maximum Gasteiger partial charge on any atom is 0.361 e. The van der Waals surface area contributed by atoms with Crippen LogP contribution in [-0.2, 0) is 33.3 Å². The Labute approximate surface area is 485 Å². The lowest BCUT2D eigenvalue weighted by atomic mass is 10.0. The molecule has 0 aromatic rings. The predicted octanol–water partition coefficient (Wildman–Crippen LogP) is 19.2. The van der Waals surface area contributed by atoms with Crippen LogP contribution in [0.1, 0.15) is 245 Å². The van der Waals surface area contributed by atoms with Gasteiger partial charge >= 0.3 is 17.9 Å². The fraction of sp³-hybridized carbons (Fsp3) is 0.671. The number of carboxylic acid groups (broad SMARTS) is 1. The van der Waals surface area contributed by atoms with Crippen molar-refractivity contribution in [2.45, 2.75) is 257 Å². The monoisotopic (exact) mass is 1100 g/mol. The zero-order chi connectivity index (χ0) is 57.6. The molecule has 0 fully saturated rings. The van der Waals surface area contributed by atoms with Gasteiger partial charge in [-0.25, -0.2) is 4.79 Å². The summed E-state index contributed by atoms with van der Waals surface area (Å²) in [6.07, 6.45) is 81.4. The quantitative estimate of drug-likeness (QED) is 0.0211. The topological polar surface area (TPSA) is 108 Å². The molecular formula is C70H118NO8+. The Morgan fingerprint density at radius 1 is 0.380 bits per heavy atom. The molecule has 0 aromatic heterocycles. The Bertz CT molecular complexity index is 1710. The third-order valence-electron chi connectivity index (χ3n) is 13.2. The molecule has 1 N–H and O–H groups in total. The van der Waals surface area contributed by atoms with Crippen molar-refractivity contribution in [1.29, 1.82) is 0 Å². The fourth-order valence-electron chi connectivity index (χ4n) is 8.42. The highest BCUT2D eigenvalue weighted by Gasteiger charge is 2.25. The number of aliphatic carboxylic acids is 1. The molecule has 0 saturated heterocycles. The normalized spacial score (nSPS) is 13.6. The molecule has 0 rings (SSSR count). The smallest absolute Gasteiger partial charge is 0.361 e. The van der Waals surface area contributed by atoms with Crippen molar-refractivity contribution in [2.75, 3.05) is 47.5 Å². The minimum Gasteiger partial charge on any atom is -0.477 e. The highest BCUT2D eigenvalue weighted by molar-refractivity contribution is 5.71. The number of ether oxygens (including phenoxy) is 4. The van der Waals surface area contributed by atoms with E-state index in [0.29, 0.717) is 17.4 Å². The van der Waals surface area contributed by atoms with Crippen LogP contribution in [-0.4, -0.2) is 87.4 Å². The fourth-order valence-corrected chi connectivity index (χ4v) is 8.42. The zero-order valence-electron chi connectivity index (χ0n) is 51.2. The average molecular weight is 1100 g/mol. The molecule has 0 aliphatic carbocycles. The largest absolute Gasteiger partial charge is 0.477 e. The number of carbonyl (C=O) groups is 3. The minimum atomic E-state index is -1.52. The Morgan fingerprint density at radius 2 is 0.684 bits per heavy atom. The maximum atomic E-state index is 12.9. The van der Waals surface area contributed by atoms with E-state index in [9.17, 15) is 19.5 Å². The molecule has 0 amide bonds. The summed E-state index contributed by atoms with van der Waals surface area (Å²) >= 11 is 0. The van der Waals surface area contributed by atoms with Crippen molar-refractivity contribution in [1.82, 2.24) is 0 Å². The Morgan fingerprint density at radius 3 is 1.01 bits per heavy atom. The van der Waals surface area contributed by atoms with Crippen molar-refractivity contribution in [3.63, 3.8) is 0 Å². The standard InChI is InChI=1S/C70H117NO8/c1-6-8-10-12-14-16-18-20-22-24-26-28-29-30-31-32-33-34-35-36-37-38-39-41-43-45-47-49-51-53-55-57-59-61-68(73)79-66(65-78-70(69(74)75)76-63-62-71(3,4)5)64-77-67(72)60-58-56-54-52-50-48-46-44-42-40-27-25-23-21-19-17-15-13-11-9-7-2/h8-11,14-17,20-23,26-28,30-31,33-34,40,66,70H,6-7,12-13,18-19,24-25,29,32,35-39,41-65H2,1-5H3/p+1/b10-8-,11-9-,16-14-,17-15-,22-20-,23-21-,28-26-,31-30-,34-33-,40-27-. The summed E-state index contributed by atoms with van der Waals surface area (Å²) in [5.74, 6) is -2.02. The number of allylic oxidation sites excluding steroid dienone is 20. The van der Waals surface area contributed by atoms with Gasteiger partial charge in [0.2, 0.25) is 0 Å². The van der Waals surface area contributed by atoms with E-state index in [2.05, 4.69) is 135 Å². The van der Waals surface area contributed by atoms with Gasteiger partial charge in [-0.05, 0) is 103 Å². The summed E-state index contributed by atoms with van der Waals surface area (Å²) in [7, 11) is 5.96. The summed E-state index contributed by atoms with van der Waals surface area (Å²) in [6, 6.07) is 0. The molecular weight excluding hydrogens is 983 g/mol. The molecule has 0 radical (unpaired) electrons. The van der Waals surface area contributed by atoms with Crippen molar-refractivity contribution in [2.24, 2.45) is 0 Å². The van der Waals surface area contributed by atoms with Gasteiger partial charge in [0, 0.05) is 12.8 Å². The number of nitrogens with zero attached hydrogens (tertiary/aromatic N) is 1. The molecule has 9 nitrogen and oxygen atoms in total. The number of unbranched alkanes of at least 4 members (excludes halogenated alkanes) is 22. The van der Waals surface area contributed by atoms with E-state index in [-0.39, 0.29) is 38.6 Å². The molecule has 0 saturated carbocycles. The Hall–Kier alpha value is -4.31. The van der Waals surface area contributed by atoms with Crippen molar-refractivity contribution < 1.29 is 42.9 Å². The molecule has 0 aromatic carbocycles. The summed E-state index contributed by atoms with van der Waals surface area (Å²) < 4.78 is 22.9. The van der Waals surface area contributed by atoms with Crippen LogP contribution < -0.4 is 0 Å². The van der Waals surface area contributed by atoms with Crippen molar-refractivity contribution in [3.05, 3.63) is 122 Å². The molecule has 0 aliphatic rings. The van der Waals surface area contributed by atoms with Gasteiger partial charge < -0.3 is 28.5 Å². The van der Waals surface area contributed by atoms with Crippen LogP contribution in [0.2, 0.25) is 0 Å². The van der Waals surface area contributed by atoms with Crippen LogP contribution in [0, 0.1) is 0 Å². The second kappa shape index (κ2) is 59.8. The van der Waals surface area contributed by atoms with Crippen LogP contribution in [0.3, 0.4) is 0 Å². The van der Waals surface area contributed by atoms with Gasteiger partial charge in [0.25, 0.3) is 6.29 Å². The minimum absolute atomic E-state index is 0.181. The number of esters is 2. The SMILES string of the molecule is CC/C=C\C/C=C\C/C=C\C/C=C\C/C=C\C/C=C\CCCCCCCCCCCCCCCCC(=O)OC(COC(=O)CCCCCCCCCC/C=C\C/C=C\C/C=C\C/C=C\CC)COC(OCC[N+](C)(C)C)C(=O)O. The molecule has 0 bridgehead atoms. The van der Waals surface area contributed by atoms with Crippen LogP contribution in [0.25, 0.3) is 0 Å². The van der Waals surface area contributed by atoms with E-state index < -0.39 is 24.3 Å². The summed E-state index contributed by atoms with van der Waals surface area (Å²) in [6.45, 7) is 4.64. The summed E-state index contributed by atoms with van der Waals surface area (Å²) in [5.41, 5.74) is 0. The first-order chi connectivity index (χ1) is 38.6. The van der Waals surface area contributed by atoms with Gasteiger partial charge in [-0.1, -0.05) is 251 Å². The van der Waals surface area contributed by atoms with Gasteiger partial charge in [-0.2, -0.15) is 0 Å². The van der Waals surface area contributed by atoms with Crippen LogP contribution in [0.15, 0.2) is 122 Å². The molecule has 0 aliphatic heterocycles. The lowest BCUT2D eigenvalue weighted by Gasteiger charge is -2.25. The van der Waals surface area contributed by atoms with E-state index in [0.717, 1.165) is 116 Å². The highest BCUT2D eigenvalue weighted by Crippen LogP contribution is 2.16. The van der Waals surface area contributed by atoms with Gasteiger partial charge in [0.15, 0.2) is 6.10 Å². The number of hydrogen-bond acceptors (Lipinski definition) is 7. The van der Waals surface area contributed by atoms with E-state index >= 15 is 0 Å². The first-order valence-electron chi connectivity index (χ1n) is 31.7. The third kappa shape index (κ3) is 61.2. The first kappa shape index (κ1) is 74.7. The third-order valence-corrected chi connectivity index (χ3v) is 13.2. The number of rotatable bonds is 57. The summed E-state index contributed by atoms with van der Waals surface area (Å²) in [4.78, 5) is 37.5. The number of likely N-dealkylation sites (N-methyl/N-ethyl adjacent to an activating group) is 1. The molecule has 79 heavy (non-hydrogen) atoms. The van der Waals surface area contributed by atoms with Crippen LogP contribution >= 0.6 is 0 Å². The lowest BCUT2D eigenvalue weighted by molar-refractivity contribution is -0.870. The Kier molecular flexibility index (Phi) is 56.5. The van der Waals surface area contributed by atoms with E-state index in [1.165, 1.54) is 96.3 Å². The van der Waals surface area contributed by atoms with Gasteiger partial charge in [-0.15, -0.1) is 0 Å². The van der Waals surface area contributed by atoms with Crippen molar-refractivity contribution in [3.8, 4) is 0 Å². The average Bonchev–Trinajstić information content (AvgIpc) is 3.42.